The zero-order valence-electron chi connectivity index (χ0n) is 16.7. The fourth-order valence-corrected chi connectivity index (χ4v) is 2.74. The first-order valence-electron chi connectivity index (χ1n) is 9.32. The van der Waals surface area contributed by atoms with Gasteiger partial charge in [0.25, 0.3) is 0 Å². The number of fused-ring (bicyclic) bond motifs is 1. The highest BCUT2D eigenvalue weighted by atomic mass is 16.5. The quantitative estimate of drug-likeness (QED) is 0.243. The predicted molar refractivity (Wildman–Crippen MR) is 103 cm³/mol. The van der Waals surface area contributed by atoms with Crippen LogP contribution in [0.25, 0.3) is 11.2 Å². The summed E-state index contributed by atoms with van der Waals surface area (Å²) in [5.41, 5.74) is 8.52. The number of hydroxylamine groups is 2. The maximum Gasteiger partial charge on any atom is 0.244 e. The Bertz CT molecular complexity index is 844. The number of rotatable bonds is 10. The van der Waals surface area contributed by atoms with Crippen LogP contribution in [0, 0.1) is 26.7 Å². The number of nitrogens with zero attached hydrogens (tertiary/aromatic N) is 5. The molecule has 0 unspecified atom stereocenters. The topological polar surface area (TPSA) is 133 Å². The van der Waals surface area contributed by atoms with Gasteiger partial charge in [-0.05, 0) is 27.2 Å². The van der Waals surface area contributed by atoms with Crippen molar-refractivity contribution in [2.24, 2.45) is 5.92 Å². The van der Waals surface area contributed by atoms with Crippen molar-refractivity contribution in [1.82, 2.24) is 30.4 Å². The number of aryl methyl sites for hydroxylation is 3. The van der Waals surface area contributed by atoms with Crippen LogP contribution in [0.2, 0.25) is 0 Å². The van der Waals surface area contributed by atoms with Crippen LogP contribution in [0.15, 0.2) is 0 Å². The second-order valence-electron chi connectivity index (χ2n) is 6.73. The van der Waals surface area contributed by atoms with Gasteiger partial charge in [0.05, 0.1) is 29.5 Å². The van der Waals surface area contributed by atoms with Gasteiger partial charge in [-0.15, -0.1) is 0 Å². The SMILES string of the molecule is CCCCC[C@H](CN(O)C=O)C(=O)NNc1nc(C)c2nc(C)c(C)nc2n1. The van der Waals surface area contributed by atoms with E-state index in [2.05, 4.69) is 37.7 Å². The summed E-state index contributed by atoms with van der Waals surface area (Å²) in [6, 6.07) is 0. The molecule has 1 atom stereocenters. The molecule has 0 spiro atoms. The summed E-state index contributed by atoms with van der Waals surface area (Å²) >= 11 is 0. The van der Waals surface area contributed by atoms with E-state index in [1.165, 1.54) is 0 Å². The Balaban J connectivity index is 2.10. The van der Waals surface area contributed by atoms with E-state index in [1.54, 1.807) is 6.92 Å². The first-order chi connectivity index (χ1) is 13.3. The Morgan fingerprint density at radius 1 is 1.11 bits per heavy atom. The number of aromatic nitrogens is 4. The van der Waals surface area contributed by atoms with E-state index >= 15 is 0 Å². The van der Waals surface area contributed by atoms with Crippen molar-refractivity contribution in [3.05, 3.63) is 17.1 Å². The molecular formula is C18H27N7O3. The third-order valence-corrected chi connectivity index (χ3v) is 4.47. The van der Waals surface area contributed by atoms with Crippen LogP contribution in [0.5, 0.6) is 0 Å². The van der Waals surface area contributed by atoms with Crippen molar-refractivity contribution in [3.63, 3.8) is 0 Å². The van der Waals surface area contributed by atoms with E-state index in [1.807, 2.05) is 13.8 Å². The van der Waals surface area contributed by atoms with E-state index in [0.29, 0.717) is 28.3 Å². The molecule has 3 N–H and O–H groups in total. The Hall–Kier alpha value is -2.88. The molecule has 0 saturated carbocycles. The zero-order valence-corrected chi connectivity index (χ0v) is 16.7. The summed E-state index contributed by atoms with van der Waals surface area (Å²) in [5.74, 6) is -0.718. The number of hydrogen-bond donors (Lipinski definition) is 3. The Labute approximate surface area is 163 Å². The molecule has 10 nitrogen and oxygen atoms in total. The van der Waals surface area contributed by atoms with E-state index in [9.17, 15) is 14.8 Å². The molecule has 2 aromatic rings. The van der Waals surface area contributed by atoms with Gasteiger partial charge in [0.15, 0.2) is 5.65 Å². The molecule has 2 aromatic heterocycles. The summed E-state index contributed by atoms with van der Waals surface area (Å²) in [6.07, 6.45) is 3.63. The van der Waals surface area contributed by atoms with E-state index in [-0.39, 0.29) is 24.8 Å². The van der Waals surface area contributed by atoms with Crippen LogP contribution in [-0.2, 0) is 9.59 Å². The van der Waals surface area contributed by atoms with E-state index in [4.69, 9.17) is 0 Å². The number of hydrogen-bond acceptors (Lipinski definition) is 8. The minimum Gasteiger partial charge on any atom is -0.286 e. The summed E-state index contributed by atoms with van der Waals surface area (Å²) in [4.78, 5) is 40.6. The largest absolute Gasteiger partial charge is 0.286 e. The van der Waals surface area contributed by atoms with Crippen molar-refractivity contribution >= 4 is 29.4 Å². The third-order valence-electron chi connectivity index (χ3n) is 4.47. The highest BCUT2D eigenvalue weighted by Gasteiger charge is 2.21. The highest BCUT2D eigenvalue weighted by Crippen LogP contribution is 2.15. The third kappa shape index (κ3) is 5.56. The average molecular weight is 389 g/mol. The minimum absolute atomic E-state index is 0.0811. The molecule has 0 aromatic carbocycles. The van der Waals surface area contributed by atoms with Crippen molar-refractivity contribution in [3.8, 4) is 0 Å². The molecule has 10 heteroatoms. The Morgan fingerprint density at radius 3 is 2.50 bits per heavy atom. The van der Waals surface area contributed by atoms with E-state index < -0.39 is 5.92 Å². The molecule has 2 rings (SSSR count). The van der Waals surface area contributed by atoms with Crippen molar-refractivity contribution < 1.29 is 14.8 Å². The van der Waals surface area contributed by atoms with E-state index in [0.717, 1.165) is 30.7 Å². The second-order valence-corrected chi connectivity index (χ2v) is 6.73. The number of anilines is 1. The number of carbonyl (C=O) groups is 2. The summed E-state index contributed by atoms with van der Waals surface area (Å²) < 4.78 is 0. The summed E-state index contributed by atoms with van der Waals surface area (Å²) in [6.45, 7) is 7.49. The number of amides is 2. The number of unbranched alkanes of at least 4 members (excludes halogenated alkanes) is 2. The number of hydrazine groups is 1. The molecule has 28 heavy (non-hydrogen) atoms. The number of nitrogens with one attached hydrogen (secondary N) is 2. The lowest BCUT2D eigenvalue weighted by molar-refractivity contribution is -0.154. The molecule has 0 bridgehead atoms. The fourth-order valence-electron chi connectivity index (χ4n) is 2.74. The van der Waals surface area contributed by atoms with Gasteiger partial charge in [-0.1, -0.05) is 26.2 Å². The van der Waals surface area contributed by atoms with Gasteiger partial charge in [-0.2, -0.15) is 4.98 Å². The van der Waals surface area contributed by atoms with Crippen LogP contribution in [0.1, 0.15) is 49.7 Å². The Morgan fingerprint density at radius 2 is 1.82 bits per heavy atom. The maximum atomic E-state index is 12.5. The molecule has 0 fully saturated rings. The molecule has 152 valence electrons. The van der Waals surface area contributed by atoms with Gasteiger partial charge in [-0.3, -0.25) is 25.6 Å². The average Bonchev–Trinajstić information content (AvgIpc) is 2.66. The second kappa shape index (κ2) is 9.88. The Kier molecular flexibility index (Phi) is 7.56. The summed E-state index contributed by atoms with van der Waals surface area (Å²) in [5, 5.41) is 9.93. The summed E-state index contributed by atoms with van der Waals surface area (Å²) in [7, 11) is 0. The normalized spacial score (nSPS) is 11.9. The molecule has 0 saturated heterocycles. The van der Waals surface area contributed by atoms with Crippen LogP contribution >= 0.6 is 0 Å². The first kappa shape index (κ1) is 21.4. The molecule has 0 radical (unpaired) electrons. The van der Waals surface area contributed by atoms with Gasteiger partial charge in [0.1, 0.15) is 5.52 Å². The lowest BCUT2D eigenvalue weighted by atomic mass is 10.0. The molecule has 0 aliphatic heterocycles. The van der Waals surface area contributed by atoms with Crippen LogP contribution < -0.4 is 10.9 Å². The van der Waals surface area contributed by atoms with Gasteiger partial charge < -0.3 is 0 Å². The van der Waals surface area contributed by atoms with Crippen LogP contribution in [-0.4, -0.2) is 49.1 Å². The maximum absolute atomic E-state index is 12.5. The zero-order chi connectivity index (χ0) is 20.7. The molecule has 0 aliphatic rings. The van der Waals surface area contributed by atoms with Crippen LogP contribution in [0.3, 0.4) is 0 Å². The van der Waals surface area contributed by atoms with Gasteiger partial charge >= 0.3 is 0 Å². The van der Waals surface area contributed by atoms with Crippen molar-refractivity contribution in [2.45, 2.75) is 53.4 Å². The lowest BCUT2D eigenvalue weighted by Gasteiger charge is -2.19. The molecule has 2 amide bonds. The first-order valence-corrected chi connectivity index (χ1v) is 9.32. The molecule has 0 aliphatic carbocycles. The van der Waals surface area contributed by atoms with Crippen molar-refractivity contribution in [1.29, 1.82) is 0 Å². The van der Waals surface area contributed by atoms with Crippen LogP contribution in [0.4, 0.5) is 5.95 Å². The van der Waals surface area contributed by atoms with Gasteiger partial charge in [0, 0.05) is 0 Å². The monoisotopic (exact) mass is 389 g/mol. The molecular weight excluding hydrogens is 362 g/mol. The predicted octanol–water partition coefficient (Wildman–Crippen LogP) is 1.83. The standard InChI is InChI=1S/C18H27N7O3/c1-5-6-7-8-14(9-25(28)10-26)17(27)23-24-18-21-13(4)15-16(22-18)20-12(3)11(2)19-15/h10,14,28H,5-9H2,1-4H3,(H,23,27)(H,20,21,22,24)/t14-/m1/s1. The molecule has 2 heterocycles. The fraction of sp³-hybridized carbons (Fsp3) is 0.556. The minimum atomic E-state index is -0.555. The van der Waals surface area contributed by atoms with Crippen molar-refractivity contribution in [2.75, 3.05) is 12.0 Å². The number of carbonyl (C=O) groups excluding carboxylic acids is 2. The smallest absolute Gasteiger partial charge is 0.244 e. The van der Waals surface area contributed by atoms with Gasteiger partial charge in [0.2, 0.25) is 18.3 Å². The lowest BCUT2D eigenvalue weighted by Crippen LogP contribution is -2.40. The van der Waals surface area contributed by atoms with Gasteiger partial charge in [-0.25, -0.2) is 20.0 Å². The highest BCUT2D eigenvalue weighted by molar-refractivity contribution is 5.80.